The lowest BCUT2D eigenvalue weighted by Gasteiger charge is -2.44. The number of amides is 3. The third-order valence-corrected chi connectivity index (χ3v) is 14.6. The fourth-order valence-electron chi connectivity index (χ4n) is 9.56. The minimum absolute atomic E-state index is 0.202. The summed E-state index contributed by atoms with van der Waals surface area (Å²) in [4.78, 5) is 59.4. The number of fused-ring (bicyclic) bond motifs is 1. The second-order valence-electron chi connectivity index (χ2n) is 18.3. The van der Waals surface area contributed by atoms with E-state index in [-0.39, 0.29) is 18.1 Å². The molecule has 1 aromatic carbocycles. The highest BCUT2D eigenvalue weighted by Gasteiger charge is 2.47. The van der Waals surface area contributed by atoms with Crippen molar-refractivity contribution in [3.63, 3.8) is 0 Å². The molecule has 4 fully saturated rings. The molecular formula is C45H65ClN8O5S. The van der Waals surface area contributed by atoms with E-state index in [1.165, 1.54) is 32.1 Å². The molecule has 2 aromatic heterocycles. The van der Waals surface area contributed by atoms with Crippen molar-refractivity contribution in [1.29, 1.82) is 0 Å². The number of carbonyl (C=O) groups is 3. The molecule has 60 heavy (non-hydrogen) atoms. The fraction of sp³-hybridized carbons (Fsp3) is 0.667. The third kappa shape index (κ3) is 11.1. The number of alkyl carbamates (subject to hydrolysis) is 1. The van der Waals surface area contributed by atoms with Crippen molar-refractivity contribution in [2.45, 2.75) is 132 Å². The SMILES string of the molecule is CSC(CCN1CCC(OC2CCN(C(=O)CC3CCCCC3)CC2)CC1)(NC(=O)C1(NC(=O)OC(C)(C)C)CCN(c2ncnc3[nH]ccc23)CC1)c1ccc(Cl)cc1. The summed E-state index contributed by atoms with van der Waals surface area (Å²) >= 11 is 7.98. The average Bonchev–Trinajstić information content (AvgIpc) is 3.73. The van der Waals surface area contributed by atoms with Crippen LogP contribution in [-0.2, 0) is 23.9 Å². The number of anilines is 1. The lowest BCUT2D eigenvalue weighted by molar-refractivity contribution is -0.136. The van der Waals surface area contributed by atoms with Crippen molar-refractivity contribution >= 4 is 58.1 Å². The second-order valence-corrected chi connectivity index (χ2v) is 19.9. The Morgan fingerprint density at radius 2 is 1.57 bits per heavy atom. The number of halogens is 1. The molecule has 15 heteroatoms. The normalized spacial score (nSPS) is 21.1. The zero-order valence-corrected chi connectivity index (χ0v) is 37.6. The van der Waals surface area contributed by atoms with Crippen molar-refractivity contribution in [3.8, 4) is 0 Å². The quantitative estimate of drug-likeness (QED) is 0.147. The third-order valence-electron chi connectivity index (χ3n) is 13.1. The number of H-pyrrole nitrogens is 1. The van der Waals surface area contributed by atoms with Crippen LogP contribution in [0, 0.1) is 5.92 Å². The number of aromatic amines is 1. The summed E-state index contributed by atoms with van der Waals surface area (Å²) in [6.07, 6.45) is 17.2. The van der Waals surface area contributed by atoms with Crippen molar-refractivity contribution in [2.24, 2.45) is 5.92 Å². The van der Waals surface area contributed by atoms with Crippen LogP contribution >= 0.6 is 23.4 Å². The van der Waals surface area contributed by atoms with Crippen LogP contribution in [0.4, 0.5) is 10.6 Å². The number of nitrogens with zero attached hydrogens (tertiary/aromatic N) is 5. The minimum atomic E-state index is -1.23. The van der Waals surface area contributed by atoms with Crippen molar-refractivity contribution in [2.75, 3.05) is 57.0 Å². The summed E-state index contributed by atoms with van der Waals surface area (Å²) in [5, 5.41) is 8.08. The lowest BCUT2D eigenvalue weighted by atomic mass is 9.85. The van der Waals surface area contributed by atoms with Crippen molar-refractivity contribution in [3.05, 3.63) is 53.4 Å². The predicted octanol–water partition coefficient (Wildman–Crippen LogP) is 7.64. The molecule has 1 aliphatic carbocycles. The van der Waals surface area contributed by atoms with Gasteiger partial charge in [0.15, 0.2) is 0 Å². The van der Waals surface area contributed by atoms with Gasteiger partial charge in [-0.05, 0) is 114 Å². The number of carbonyl (C=O) groups excluding carboxylic acids is 3. The summed E-state index contributed by atoms with van der Waals surface area (Å²) in [7, 11) is 0. The summed E-state index contributed by atoms with van der Waals surface area (Å²) in [6, 6.07) is 9.67. The number of benzene rings is 1. The maximum Gasteiger partial charge on any atom is 0.408 e. The Kier molecular flexibility index (Phi) is 14.5. The Morgan fingerprint density at radius 1 is 0.900 bits per heavy atom. The standard InChI is InChI=1S/C45H65ClN8O5S/c1-43(2,3)59-42(57)51-44(19-28-54(29-20-44)40-37-14-22-47-39(37)48-31-49-40)41(56)50-45(60-4,33-10-12-34(46)13-11-33)21-27-52-23-15-35(16-24-52)58-36-17-25-53(26-18-36)38(55)30-32-8-6-5-7-9-32/h10-14,22,31-32,35-36H,5-9,15-21,23-30H2,1-4H3,(H,50,56)(H,51,57)(H,47,48,49). The predicted molar refractivity (Wildman–Crippen MR) is 238 cm³/mol. The van der Waals surface area contributed by atoms with Crippen LogP contribution in [0.1, 0.15) is 110 Å². The van der Waals surface area contributed by atoms with E-state index in [0.717, 1.165) is 87.2 Å². The smallest absolute Gasteiger partial charge is 0.408 e. The topological polar surface area (TPSA) is 145 Å². The van der Waals surface area contributed by atoms with Crippen LogP contribution < -0.4 is 15.5 Å². The molecule has 0 spiro atoms. The van der Waals surface area contributed by atoms with Crippen LogP contribution in [0.25, 0.3) is 11.0 Å². The van der Waals surface area contributed by atoms with Crippen LogP contribution in [0.2, 0.25) is 5.02 Å². The zero-order valence-electron chi connectivity index (χ0n) is 36.0. The molecule has 3 aliphatic heterocycles. The molecule has 3 saturated heterocycles. The lowest BCUT2D eigenvalue weighted by Crippen LogP contribution is -2.66. The molecule has 3 aromatic rings. The number of ether oxygens (including phenoxy) is 2. The van der Waals surface area contributed by atoms with E-state index in [9.17, 15) is 14.4 Å². The van der Waals surface area contributed by atoms with Gasteiger partial charge in [-0.2, -0.15) is 0 Å². The van der Waals surface area contributed by atoms with E-state index >= 15 is 0 Å². The minimum Gasteiger partial charge on any atom is -0.444 e. The van der Waals surface area contributed by atoms with E-state index in [0.29, 0.717) is 49.2 Å². The highest BCUT2D eigenvalue weighted by atomic mass is 35.5. The molecule has 1 unspecified atom stereocenters. The first-order valence-corrected chi connectivity index (χ1v) is 23.8. The van der Waals surface area contributed by atoms with Crippen molar-refractivity contribution < 1.29 is 23.9 Å². The van der Waals surface area contributed by atoms with E-state index in [4.69, 9.17) is 21.1 Å². The molecule has 1 saturated carbocycles. The van der Waals surface area contributed by atoms with Gasteiger partial charge in [-0.15, -0.1) is 11.8 Å². The maximum absolute atomic E-state index is 15.0. The summed E-state index contributed by atoms with van der Waals surface area (Å²) in [5.41, 5.74) is -0.277. The van der Waals surface area contributed by atoms with E-state index < -0.39 is 22.1 Å². The zero-order chi connectivity index (χ0) is 42.3. The first-order chi connectivity index (χ1) is 28.8. The average molecular weight is 866 g/mol. The molecule has 3 amide bonds. The van der Waals surface area contributed by atoms with Crippen LogP contribution in [-0.4, -0.2) is 118 Å². The number of piperidine rings is 3. The monoisotopic (exact) mass is 864 g/mol. The van der Waals surface area contributed by atoms with Gasteiger partial charge in [0.2, 0.25) is 11.8 Å². The van der Waals surface area contributed by atoms with Gasteiger partial charge in [0.1, 0.15) is 33.8 Å². The van der Waals surface area contributed by atoms with Crippen LogP contribution in [0.15, 0.2) is 42.9 Å². The largest absolute Gasteiger partial charge is 0.444 e. The Morgan fingerprint density at radius 3 is 2.22 bits per heavy atom. The molecular weight excluding hydrogens is 800 g/mol. The number of thioether (sulfide) groups is 1. The number of nitrogens with one attached hydrogen (secondary N) is 3. The van der Waals surface area contributed by atoms with Gasteiger partial charge in [0.25, 0.3) is 0 Å². The Labute approximate surface area is 364 Å². The van der Waals surface area contributed by atoms with Gasteiger partial charge >= 0.3 is 6.09 Å². The van der Waals surface area contributed by atoms with Gasteiger partial charge in [-0.3, -0.25) is 9.59 Å². The van der Waals surface area contributed by atoms with Crippen LogP contribution in [0.5, 0.6) is 0 Å². The summed E-state index contributed by atoms with van der Waals surface area (Å²) in [5.74, 6) is 1.45. The molecule has 3 N–H and O–H groups in total. The molecule has 0 radical (unpaired) electrons. The molecule has 1 atom stereocenters. The maximum atomic E-state index is 15.0. The Bertz CT molecular complexity index is 1890. The van der Waals surface area contributed by atoms with Crippen molar-refractivity contribution in [1.82, 2.24) is 35.4 Å². The first kappa shape index (κ1) is 44.5. The second kappa shape index (κ2) is 19.6. The molecule has 0 bridgehead atoms. The number of hydrogen-bond donors (Lipinski definition) is 3. The molecule has 13 nitrogen and oxygen atoms in total. The molecule has 5 heterocycles. The number of rotatable bonds is 13. The van der Waals surface area contributed by atoms with Gasteiger partial charge in [0.05, 0.1) is 17.6 Å². The van der Waals surface area contributed by atoms with E-state index in [1.54, 1.807) is 18.1 Å². The Hall–Kier alpha value is -3.59. The van der Waals surface area contributed by atoms with E-state index in [2.05, 4.69) is 40.3 Å². The van der Waals surface area contributed by atoms with E-state index in [1.807, 2.05) is 63.6 Å². The van der Waals surface area contributed by atoms with Gasteiger partial charge < -0.3 is 39.8 Å². The van der Waals surface area contributed by atoms with Gasteiger partial charge in [0, 0.05) is 63.5 Å². The summed E-state index contributed by atoms with van der Waals surface area (Å²) < 4.78 is 12.4. The molecule has 328 valence electrons. The highest BCUT2D eigenvalue weighted by Crippen LogP contribution is 2.39. The fourth-order valence-corrected chi connectivity index (χ4v) is 10.5. The first-order valence-electron chi connectivity index (χ1n) is 22.2. The van der Waals surface area contributed by atoms with Gasteiger partial charge in [-0.1, -0.05) is 43.0 Å². The summed E-state index contributed by atoms with van der Waals surface area (Å²) in [6.45, 7) is 10.6. The number of likely N-dealkylation sites (tertiary alicyclic amines) is 2. The number of hydrogen-bond acceptors (Lipinski definition) is 10. The highest BCUT2D eigenvalue weighted by molar-refractivity contribution is 7.99. The van der Waals surface area contributed by atoms with Gasteiger partial charge in [-0.25, -0.2) is 14.8 Å². The molecule has 7 rings (SSSR count). The Balaban J connectivity index is 0.982. The van der Waals surface area contributed by atoms with Crippen LogP contribution in [0.3, 0.4) is 0 Å². The number of aromatic nitrogens is 3. The molecule has 4 aliphatic rings.